The number of hydrogen-bond acceptors (Lipinski definition) is 3. The summed E-state index contributed by atoms with van der Waals surface area (Å²) in [6.07, 6.45) is 0.908. The van der Waals surface area contributed by atoms with Crippen molar-refractivity contribution in [3.63, 3.8) is 0 Å². The first-order valence-electron chi connectivity index (χ1n) is 5.56. The van der Waals surface area contributed by atoms with Crippen LogP contribution in [0.2, 0.25) is 0 Å². The Labute approximate surface area is 119 Å². The predicted molar refractivity (Wildman–Crippen MR) is 77.3 cm³/mol. The third kappa shape index (κ3) is 4.22. The van der Waals surface area contributed by atoms with E-state index in [0.717, 1.165) is 10.0 Å². The van der Waals surface area contributed by atoms with Gasteiger partial charge in [0.25, 0.3) is 0 Å². The van der Waals surface area contributed by atoms with Crippen molar-refractivity contribution >= 4 is 28.2 Å². The van der Waals surface area contributed by atoms with E-state index >= 15 is 0 Å². The molecule has 0 aliphatic rings. The maximum atomic E-state index is 11.4. The van der Waals surface area contributed by atoms with Crippen LogP contribution in [0.4, 0.5) is 4.79 Å². The molecule has 2 aromatic carbocycles. The highest BCUT2D eigenvalue weighted by Crippen LogP contribution is 2.13. The third-order valence-corrected chi connectivity index (χ3v) is 2.94. The van der Waals surface area contributed by atoms with Crippen LogP contribution < -0.4 is 10.2 Å². The Hall–Kier alpha value is -2.14. The smallest absolute Gasteiger partial charge is 0.409 e. The van der Waals surface area contributed by atoms with Gasteiger partial charge in [0.1, 0.15) is 5.75 Å². The Morgan fingerprint density at radius 2 is 1.79 bits per heavy atom. The minimum absolute atomic E-state index is 0.469. The number of hydrazone groups is 1. The number of hydrogen-bond donors (Lipinski definition) is 1. The molecule has 0 aromatic heterocycles. The Morgan fingerprint density at radius 3 is 2.53 bits per heavy atom. The second-order valence-corrected chi connectivity index (χ2v) is 4.45. The SMILES string of the molecule is O=C(N/N=C/c1ccccc1Br)Oc1ccccc1. The summed E-state index contributed by atoms with van der Waals surface area (Å²) in [5.41, 5.74) is 3.16. The fourth-order valence-electron chi connectivity index (χ4n) is 1.35. The monoisotopic (exact) mass is 318 g/mol. The average Bonchev–Trinajstić information content (AvgIpc) is 2.42. The van der Waals surface area contributed by atoms with Crippen molar-refractivity contribution in [1.29, 1.82) is 0 Å². The predicted octanol–water partition coefficient (Wildman–Crippen LogP) is 3.57. The number of benzene rings is 2. The second-order valence-electron chi connectivity index (χ2n) is 3.59. The first-order chi connectivity index (χ1) is 9.25. The van der Waals surface area contributed by atoms with Gasteiger partial charge < -0.3 is 4.74 Å². The first-order valence-corrected chi connectivity index (χ1v) is 6.35. The van der Waals surface area contributed by atoms with Crippen LogP contribution >= 0.6 is 15.9 Å². The highest BCUT2D eigenvalue weighted by Gasteiger charge is 2.01. The third-order valence-electron chi connectivity index (χ3n) is 2.22. The second kappa shape index (κ2) is 6.70. The molecule has 0 saturated heterocycles. The van der Waals surface area contributed by atoms with Crippen molar-refractivity contribution in [1.82, 2.24) is 5.43 Å². The number of nitrogens with zero attached hydrogens (tertiary/aromatic N) is 1. The van der Waals surface area contributed by atoms with Crippen LogP contribution in [-0.4, -0.2) is 12.3 Å². The van der Waals surface area contributed by atoms with Crippen LogP contribution in [0.5, 0.6) is 5.75 Å². The van der Waals surface area contributed by atoms with E-state index in [1.165, 1.54) is 6.21 Å². The summed E-state index contributed by atoms with van der Waals surface area (Å²) in [5, 5.41) is 3.82. The molecule has 0 unspecified atom stereocenters. The lowest BCUT2D eigenvalue weighted by Crippen LogP contribution is -2.21. The topological polar surface area (TPSA) is 50.7 Å². The minimum Gasteiger partial charge on any atom is -0.409 e. The summed E-state index contributed by atoms with van der Waals surface area (Å²) in [4.78, 5) is 11.4. The number of ether oxygens (including phenoxy) is 1. The van der Waals surface area contributed by atoms with E-state index in [0.29, 0.717) is 5.75 Å². The molecule has 2 aromatic rings. The minimum atomic E-state index is -0.630. The summed E-state index contributed by atoms with van der Waals surface area (Å²) in [5.74, 6) is 0.469. The fourth-order valence-corrected chi connectivity index (χ4v) is 1.74. The van der Waals surface area contributed by atoms with Gasteiger partial charge in [-0.3, -0.25) is 0 Å². The standard InChI is InChI=1S/C14H11BrN2O2/c15-13-9-5-4-6-11(13)10-16-17-14(18)19-12-7-2-1-3-8-12/h1-10H,(H,17,18)/b16-10+. The molecule has 0 aliphatic carbocycles. The molecule has 19 heavy (non-hydrogen) atoms. The van der Waals surface area contributed by atoms with E-state index < -0.39 is 6.09 Å². The van der Waals surface area contributed by atoms with Gasteiger partial charge in [-0.15, -0.1) is 0 Å². The molecule has 0 heterocycles. The van der Waals surface area contributed by atoms with E-state index in [2.05, 4.69) is 26.5 Å². The molecule has 0 spiro atoms. The molecule has 0 saturated carbocycles. The quantitative estimate of drug-likeness (QED) is 0.694. The van der Waals surface area contributed by atoms with E-state index in [4.69, 9.17) is 4.74 Å². The number of nitrogens with one attached hydrogen (secondary N) is 1. The zero-order chi connectivity index (χ0) is 13.5. The molecular formula is C14H11BrN2O2. The molecule has 1 N–H and O–H groups in total. The molecule has 1 amide bonds. The van der Waals surface area contributed by atoms with Gasteiger partial charge in [-0.2, -0.15) is 5.10 Å². The molecule has 0 fully saturated rings. The number of halogens is 1. The molecule has 0 bridgehead atoms. The lowest BCUT2D eigenvalue weighted by atomic mass is 10.2. The molecule has 0 atom stereocenters. The van der Waals surface area contributed by atoms with Crippen LogP contribution in [-0.2, 0) is 0 Å². The van der Waals surface area contributed by atoms with E-state index in [9.17, 15) is 4.79 Å². The molecule has 0 aliphatic heterocycles. The lowest BCUT2D eigenvalue weighted by Gasteiger charge is -2.02. The number of carbonyl (C=O) groups is 1. The van der Waals surface area contributed by atoms with Gasteiger partial charge >= 0.3 is 6.09 Å². The van der Waals surface area contributed by atoms with Gasteiger partial charge in [-0.05, 0) is 18.2 Å². The number of para-hydroxylation sites is 1. The zero-order valence-electron chi connectivity index (χ0n) is 9.92. The maximum absolute atomic E-state index is 11.4. The fraction of sp³-hybridized carbons (Fsp3) is 0. The molecule has 96 valence electrons. The number of carbonyl (C=O) groups excluding carboxylic acids is 1. The lowest BCUT2D eigenvalue weighted by molar-refractivity contribution is 0.201. The number of amides is 1. The molecule has 2 rings (SSSR count). The summed E-state index contributed by atoms with van der Waals surface area (Å²) < 4.78 is 5.91. The Morgan fingerprint density at radius 1 is 1.11 bits per heavy atom. The van der Waals surface area contributed by atoms with Crippen molar-refractivity contribution in [2.24, 2.45) is 5.10 Å². The van der Waals surface area contributed by atoms with E-state index in [1.807, 2.05) is 30.3 Å². The Balaban J connectivity index is 1.89. The van der Waals surface area contributed by atoms with Crippen molar-refractivity contribution in [3.8, 4) is 5.75 Å². The van der Waals surface area contributed by atoms with Crippen molar-refractivity contribution in [3.05, 3.63) is 64.6 Å². The number of rotatable bonds is 3. The van der Waals surface area contributed by atoms with Gasteiger partial charge in [0, 0.05) is 10.0 Å². The van der Waals surface area contributed by atoms with E-state index in [-0.39, 0.29) is 0 Å². The normalized spacial score (nSPS) is 10.4. The summed E-state index contributed by atoms with van der Waals surface area (Å²) in [6.45, 7) is 0. The highest BCUT2D eigenvalue weighted by atomic mass is 79.9. The molecule has 5 heteroatoms. The van der Waals surface area contributed by atoms with Crippen LogP contribution in [0, 0.1) is 0 Å². The largest absolute Gasteiger partial charge is 0.433 e. The van der Waals surface area contributed by atoms with Crippen molar-refractivity contribution in [2.75, 3.05) is 0 Å². The zero-order valence-corrected chi connectivity index (χ0v) is 11.5. The van der Waals surface area contributed by atoms with Crippen molar-refractivity contribution < 1.29 is 9.53 Å². The van der Waals surface area contributed by atoms with Crippen molar-refractivity contribution in [2.45, 2.75) is 0 Å². The van der Waals surface area contributed by atoms with Crippen LogP contribution in [0.3, 0.4) is 0 Å². The van der Waals surface area contributed by atoms with Gasteiger partial charge in [0.2, 0.25) is 0 Å². The maximum Gasteiger partial charge on any atom is 0.433 e. The molecule has 4 nitrogen and oxygen atoms in total. The highest BCUT2D eigenvalue weighted by molar-refractivity contribution is 9.10. The molecular weight excluding hydrogens is 308 g/mol. The molecule has 0 radical (unpaired) electrons. The Kier molecular flexibility index (Phi) is 4.69. The summed E-state index contributed by atoms with van der Waals surface area (Å²) in [6, 6.07) is 16.3. The summed E-state index contributed by atoms with van der Waals surface area (Å²) >= 11 is 3.38. The van der Waals surface area contributed by atoms with Gasteiger partial charge in [0.15, 0.2) is 0 Å². The average molecular weight is 319 g/mol. The van der Waals surface area contributed by atoms with E-state index in [1.54, 1.807) is 24.3 Å². The van der Waals surface area contributed by atoms with Gasteiger partial charge in [0.05, 0.1) is 6.21 Å². The van der Waals surface area contributed by atoms with Crippen LogP contribution in [0.25, 0.3) is 0 Å². The Bertz CT molecular complexity index is 585. The van der Waals surface area contributed by atoms with Gasteiger partial charge in [-0.1, -0.05) is 52.3 Å². The van der Waals surface area contributed by atoms with Crippen LogP contribution in [0.15, 0.2) is 64.2 Å². The first kappa shape index (κ1) is 13.3. The van der Waals surface area contributed by atoms with Crippen LogP contribution in [0.1, 0.15) is 5.56 Å². The van der Waals surface area contributed by atoms with Gasteiger partial charge in [-0.25, -0.2) is 10.2 Å². The summed E-state index contributed by atoms with van der Waals surface area (Å²) in [7, 11) is 0.